The molecule has 0 heterocycles. The number of sulfone groups is 1. The smallest absolute Gasteiger partial charge is 0.344 e. The van der Waals surface area contributed by atoms with E-state index >= 15 is 0 Å². The van der Waals surface area contributed by atoms with Crippen molar-refractivity contribution in [2.45, 2.75) is 31.3 Å². The Labute approximate surface area is 117 Å². The Morgan fingerprint density at radius 2 is 1.90 bits per heavy atom. The van der Waals surface area contributed by atoms with E-state index in [4.69, 9.17) is 9.47 Å². The van der Waals surface area contributed by atoms with Gasteiger partial charge in [0.15, 0.2) is 16.4 Å². The Hall–Kier alpha value is -1.63. The van der Waals surface area contributed by atoms with Gasteiger partial charge in [0.2, 0.25) is 0 Å². The first kappa shape index (κ1) is 16.4. The van der Waals surface area contributed by atoms with E-state index in [2.05, 4.69) is 0 Å². The van der Waals surface area contributed by atoms with Crippen molar-refractivity contribution in [3.63, 3.8) is 0 Å². The van der Waals surface area contributed by atoms with Crippen LogP contribution in [0.1, 0.15) is 20.8 Å². The third kappa shape index (κ3) is 5.16. The molecule has 0 fully saturated rings. The topological polar surface area (TPSA) is 69.7 Å². The molecule has 0 spiro atoms. The summed E-state index contributed by atoms with van der Waals surface area (Å²) in [5.74, 6) is -1.38. The molecule has 112 valence electrons. The minimum atomic E-state index is -3.69. The molecule has 0 amide bonds. The molecule has 1 rings (SSSR count). The molecule has 0 N–H and O–H groups in total. The van der Waals surface area contributed by atoms with Crippen LogP contribution in [-0.4, -0.2) is 32.9 Å². The van der Waals surface area contributed by atoms with Crippen LogP contribution in [0.3, 0.4) is 0 Å². The van der Waals surface area contributed by atoms with E-state index in [1.54, 1.807) is 20.8 Å². The highest BCUT2D eigenvalue weighted by Gasteiger charge is 2.18. The normalized spacial score (nSPS) is 12.1. The highest BCUT2D eigenvalue weighted by Crippen LogP contribution is 2.21. The molecule has 0 saturated carbocycles. The minimum absolute atomic E-state index is 0.0812. The van der Waals surface area contributed by atoms with Gasteiger partial charge in [-0.15, -0.1) is 0 Å². The van der Waals surface area contributed by atoms with Crippen molar-refractivity contribution in [3.05, 3.63) is 24.0 Å². The Morgan fingerprint density at radius 3 is 2.40 bits per heavy atom. The number of benzene rings is 1. The number of esters is 1. The third-order valence-corrected chi connectivity index (χ3v) is 3.19. The van der Waals surface area contributed by atoms with Crippen LogP contribution in [0.25, 0.3) is 0 Å². The Balaban J connectivity index is 2.78. The first-order chi connectivity index (χ1) is 8.99. The molecule has 1 aromatic carbocycles. The van der Waals surface area contributed by atoms with Gasteiger partial charge in [0.1, 0.15) is 22.1 Å². The number of halogens is 1. The zero-order valence-electron chi connectivity index (χ0n) is 11.8. The average molecular weight is 304 g/mol. The molecule has 0 aliphatic carbocycles. The maximum Gasteiger partial charge on any atom is 0.344 e. The van der Waals surface area contributed by atoms with Gasteiger partial charge in [-0.2, -0.15) is 0 Å². The minimum Gasteiger partial charge on any atom is -0.482 e. The lowest BCUT2D eigenvalue weighted by atomic mass is 10.2. The summed E-state index contributed by atoms with van der Waals surface area (Å²) in [6.07, 6.45) is 0.892. The number of hydrogen-bond donors (Lipinski definition) is 0. The molecule has 0 aliphatic rings. The second-order valence-electron chi connectivity index (χ2n) is 5.24. The van der Waals surface area contributed by atoms with E-state index in [1.807, 2.05) is 0 Å². The van der Waals surface area contributed by atoms with Crippen molar-refractivity contribution in [2.75, 3.05) is 12.9 Å². The Bertz CT molecular complexity index is 602. The number of carbonyl (C=O) groups is 1. The van der Waals surface area contributed by atoms with Gasteiger partial charge in [-0.1, -0.05) is 0 Å². The molecular weight excluding hydrogens is 287 g/mol. The lowest BCUT2D eigenvalue weighted by Gasteiger charge is -2.19. The van der Waals surface area contributed by atoms with Crippen molar-refractivity contribution in [2.24, 2.45) is 0 Å². The van der Waals surface area contributed by atoms with Crippen LogP contribution in [0.4, 0.5) is 4.39 Å². The summed E-state index contributed by atoms with van der Waals surface area (Å²) in [7, 11) is -3.69. The molecule has 20 heavy (non-hydrogen) atoms. The standard InChI is InChI=1S/C13H17FO5S/c1-13(2,3)19-12(15)8-18-9-5-6-10(14)11(7-9)20(4,16)17/h5-7H,8H2,1-4H3. The predicted molar refractivity (Wildman–Crippen MR) is 70.8 cm³/mol. The molecule has 0 aromatic heterocycles. The average Bonchev–Trinajstić information content (AvgIpc) is 2.24. The second kappa shape index (κ2) is 5.78. The highest BCUT2D eigenvalue weighted by atomic mass is 32.2. The summed E-state index contributed by atoms with van der Waals surface area (Å²) in [6, 6.07) is 3.25. The molecular formula is C13H17FO5S. The summed E-state index contributed by atoms with van der Waals surface area (Å²) in [6.45, 7) is 4.76. The molecule has 7 heteroatoms. The fraction of sp³-hybridized carbons (Fsp3) is 0.462. The van der Waals surface area contributed by atoms with Crippen LogP contribution < -0.4 is 4.74 Å². The summed E-state index contributed by atoms with van der Waals surface area (Å²) >= 11 is 0. The maximum atomic E-state index is 13.4. The van der Waals surface area contributed by atoms with Crippen molar-refractivity contribution in [3.8, 4) is 5.75 Å². The van der Waals surface area contributed by atoms with Gasteiger partial charge in [0, 0.05) is 12.3 Å². The molecule has 0 unspecified atom stereocenters. The van der Waals surface area contributed by atoms with Gasteiger partial charge in [0.05, 0.1) is 0 Å². The second-order valence-corrected chi connectivity index (χ2v) is 7.22. The number of rotatable bonds is 4. The van der Waals surface area contributed by atoms with Gasteiger partial charge < -0.3 is 9.47 Å². The SMILES string of the molecule is CC(C)(C)OC(=O)COc1ccc(F)c(S(C)(=O)=O)c1. The van der Waals surface area contributed by atoms with E-state index in [0.29, 0.717) is 0 Å². The summed E-state index contributed by atoms with van der Waals surface area (Å²) in [5.41, 5.74) is -0.638. The molecule has 0 radical (unpaired) electrons. The molecule has 0 aliphatic heterocycles. The van der Waals surface area contributed by atoms with Crippen molar-refractivity contribution >= 4 is 15.8 Å². The van der Waals surface area contributed by atoms with Gasteiger partial charge in [-0.3, -0.25) is 0 Å². The third-order valence-electron chi connectivity index (χ3n) is 2.08. The van der Waals surface area contributed by atoms with Crippen LogP contribution in [0, 0.1) is 5.82 Å². The quantitative estimate of drug-likeness (QED) is 0.795. The highest BCUT2D eigenvalue weighted by molar-refractivity contribution is 7.90. The van der Waals surface area contributed by atoms with E-state index in [0.717, 1.165) is 18.4 Å². The van der Waals surface area contributed by atoms with Gasteiger partial charge in [0.25, 0.3) is 0 Å². The number of hydrogen-bond acceptors (Lipinski definition) is 5. The lowest BCUT2D eigenvalue weighted by Crippen LogP contribution is -2.27. The van der Waals surface area contributed by atoms with E-state index in [-0.39, 0.29) is 12.4 Å². The molecule has 1 aromatic rings. The summed E-state index contributed by atoms with van der Waals surface area (Å²) < 4.78 is 46.2. The number of ether oxygens (including phenoxy) is 2. The van der Waals surface area contributed by atoms with E-state index in [1.165, 1.54) is 6.07 Å². The van der Waals surface area contributed by atoms with E-state index in [9.17, 15) is 17.6 Å². The molecule has 5 nitrogen and oxygen atoms in total. The van der Waals surface area contributed by atoms with Crippen molar-refractivity contribution in [1.29, 1.82) is 0 Å². The van der Waals surface area contributed by atoms with Gasteiger partial charge in [-0.05, 0) is 32.9 Å². The van der Waals surface area contributed by atoms with E-state index < -0.39 is 32.1 Å². The lowest BCUT2D eigenvalue weighted by molar-refractivity contribution is -0.157. The molecule has 0 bridgehead atoms. The molecule has 0 saturated heterocycles. The zero-order chi connectivity index (χ0) is 15.6. The number of carbonyl (C=O) groups excluding carboxylic acids is 1. The van der Waals surface area contributed by atoms with Crippen molar-refractivity contribution in [1.82, 2.24) is 0 Å². The van der Waals surface area contributed by atoms with Crippen LogP contribution in [0.2, 0.25) is 0 Å². The van der Waals surface area contributed by atoms with Crippen LogP contribution in [-0.2, 0) is 19.4 Å². The van der Waals surface area contributed by atoms with Crippen LogP contribution in [0.5, 0.6) is 5.75 Å². The van der Waals surface area contributed by atoms with Crippen LogP contribution >= 0.6 is 0 Å². The van der Waals surface area contributed by atoms with Gasteiger partial charge >= 0.3 is 5.97 Å². The Morgan fingerprint density at radius 1 is 1.30 bits per heavy atom. The first-order valence-electron chi connectivity index (χ1n) is 5.83. The predicted octanol–water partition coefficient (Wildman–Crippen LogP) is 1.95. The summed E-state index contributed by atoms with van der Waals surface area (Å²) in [5, 5.41) is 0. The Kier molecular flexibility index (Phi) is 4.75. The van der Waals surface area contributed by atoms with Crippen molar-refractivity contribution < 1.29 is 27.1 Å². The monoisotopic (exact) mass is 304 g/mol. The fourth-order valence-electron chi connectivity index (χ4n) is 1.37. The largest absolute Gasteiger partial charge is 0.482 e. The fourth-order valence-corrected chi connectivity index (χ4v) is 2.12. The van der Waals surface area contributed by atoms with Crippen LogP contribution in [0.15, 0.2) is 23.1 Å². The maximum absolute atomic E-state index is 13.4. The first-order valence-corrected chi connectivity index (χ1v) is 7.72. The molecule has 0 atom stereocenters. The van der Waals surface area contributed by atoms with Gasteiger partial charge in [-0.25, -0.2) is 17.6 Å². The zero-order valence-corrected chi connectivity index (χ0v) is 12.6. The summed E-state index contributed by atoms with van der Waals surface area (Å²) in [4.78, 5) is 11.0.